The van der Waals surface area contributed by atoms with Crippen LogP contribution < -0.4 is 5.73 Å². The van der Waals surface area contributed by atoms with E-state index in [1.807, 2.05) is 6.08 Å². The Kier molecular flexibility index (Phi) is 3.13. The number of hydrogen-bond acceptors (Lipinski definition) is 4. The molecule has 0 aromatic heterocycles. The zero-order valence-electron chi connectivity index (χ0n) is 10.2. The van der Waals surface area contributed by atoms with Gasteiger partial charge in [-0.2, -0.15) is 0 Å². The Balaban J connectivity index is 1.41. The number of allylic oxidation sites excluding steroid dienone is 2. The van der Waals surface area contributed by atoms with E-state index in [1.54, 1.807) is 0 Å². The molecule has 0 aromatic rings. The average molecular weight is 253 g/mol. The zero-order valence-corrected chi connectivity index (χ0v) is 10.2. The summed E-state index contributed by atoms with van der Waals surface area (Å²) in [6.07, 6.45) is 7.64. The number of aliphatic carboxylic acids is 1. The fraction of sp³-hybridized carbons (Fsp3) is 0.769. The number of ether oxygens (including phenoxy) is 2. The Bertz CT molecular complexity index is 370. The van der Waals surface area contributed by atoms with Gasteiger partial charge in [-0.05, 0) is 19.3 Å². The normalized spacial score (nSPS) is 44.5. The van der Waals surface area contributed by atoms with Gasteiger partial charge in [0.2, 0.25) is 0 Å². The van der Waals surface area contributed by atoms with Crippen LogP contribution in [0.5, 0.6) is 0 Å². The number of fused-ring (bicyclic) bond motifs is 5. The average Bonchev–Trinajstić information content (AvgIpc) is 2.96. The smallest absolute Gasteiger partial charge is 0.303 e. The van der Waals surface area contributed by atoms with E-state index in [2.05, 4.69) is 6.08 Å². The Morgan fingerprint density at radius 2 is 1.89 bits per heavy atom. The minimum absolute atomic E-state index is 0.0856. The van der Waals surface area contributed by atoms with Gasteiger partial charge in [-0.15, -0.1) is 0 Å². The van der Waals surface area contributed by atoms with Gasteiger partial charge >= 0.3 is 5.97 Å². The van der Waals surface area contributed by atoms with Crippen LogP contribution in [0.2, 0.25) is 0 Å². The van der Waals surface area contributed by atoms with Gasteiger partial charge in [-0.3, -0.25) is 4.79 Å². The Hall–Kier alpha value is -0.910. The molecule has 3 aliphatic heterocycles. The summed E-state index contributed by atoms with van der Waals surface area (Å²) in [4.78, 5) is 10.3. The summed E-state index contributed by atoms with van der Waals surface area (Å²) in [6.45, 7) is 0. The molecule has 3 saturated heterocycles. The van der Waals surface area contributed by atoms with Crippen molar-refractivity contribution in [3.8, 4) is 0 Å². The molecule has 0 amide bonds. The third-order valence-electron chi connectivity index (χ3n) is 4.16. The first-order valence-corrected chi connectivity index (χ1v) is 6.62. The molecule has 18 heavy (non-hydrogen) atoms. The summed E-state index contributed by atoms with van der Waals surface area (Å²) in [5, 5.41) is 8.51. The minimum Gasteiger partial charge on any atom is -0.481 e. The lowest BCUT2D eigenvalue weighted by molar-refractivity contribution is -0.137. The topological polar surface area (TPSA) is 85.1 Å². The predicted octanol–water partition coefficient (Wildman–Crippen LogP) is 0.679. The molecular formula is C13H19NO4. The first-order chi connectivity index (χ1) is 8.68. The SMILES string of the molecule is N[C@@H]1[C@H](C/C=C\CCCC(=O)O)[C@H]2O[C@@H]1[C@H]1O[C@H]12. The molecule has 0 radical (unpaired) electrons. The largest absolute Gasteiger partial charge is 0.481 e. The summed E-state index contributed by atoms with van der Waals surface area (Å²) in [5.74, 6) is -0.377. The number of epoxide rings is 1. The first-order valence-electron chi connectivity index (χ1n) is 6.62. The molecule has 5 heteroatoms. The van der Waals surface area contributed by atoms with Gasteiger partial charge in [-0.1, -0.05) is 12.2 Å². The van der Waals surface area contributed by atoms with Crippen molar-refractivity contribution in [2.75, 3.05) is 0 Å². The van der Waals surface area contributed by atoms with E-state index < -0.39 is 5.97 Å². The second-order valence-corrected chi connectivity index (χ2v) is 5.36. The highest BCUT2D eigenvalue weighted by Crippen LogP contribution is 2.51. The van der Waals surface area contributed by atoms with Crippen molar-refractivity contribution in [2.45, 2.75) is 56.1 Å². The number of carbonyl (C=O) groups is 1. The van der Waals surface area contributed by atoms with Crippen LogP contribution in [0, 0.1) is 5.92 Å². The number of carboxylic acid groups (broad SMARTS) is 1. The lowest BCUT2D eigenvalue weighted by Gasteiger charge is -2.20. The maximum atomic E-state index is 10.3. The second kappa shape index (κ2) is 4.64. The number of unbranched alkanes of at least 4 members (excludes halogenated alkanes) is 1. The van der Waals surface area contributed by atoms with Gasteiger partial charge in [0.15, 0.2) is 0 Å². The maximum absolute atomic E-state index is 10.3. The molecule has 3 aliphatic rings. The molecule has 100 valence electrons. The van der Waals surface area contributed by atoms with Crippen LogP contribution in [-0.2, 0) is 14.3 Å². The Morgan fingerprint density at radius 3 is 2.61 bits per heavy atom. The number of hydrogen-bond donors (Lipinski definition) is 2. The van der Waals surface area contributed by atoms with Crippen molar-refractivity contribution in [1.29, 1.82) is 0 Å². The van der Waals surface area contributed by atoms with Crippen LogP contribution in [0.15, 0.2) is 12.2 Å². The fourth-order valence-electron chi connectivity index (χ4n) is 3.15. The van der Waals surface area contributed by atoms with E-state index in [1.165, 1.54) is 0 Å². The van der Waals surface area contributed by atoms with Gasteiger partial charge in [0.25, 0.3) is 0 Å². The molecule has 0 spiro atoms. The lowest BCUT2D eigenvalue weighted by Crippen LogP contribution is -2.43. The van der Waals surface area contributed by atoms with Crippen LogP contribution >= 0.6 is 0 Å². The summed E-state index contributed by atoms with van der Waals surface area (Å²) in [7, 11) is 0. The molecule has 0 aliphatic carbocycles. The lowest BCUT2D eigenvalue weighted by atomic mass is 9.83. The van der Waals surface area contributed by atoms with Crippen molar-refractivity contribution < 1.29 is 19.4 Å². The summed E-state index contributed by atoms with van der Waals surface area (Å²) < 4.78 is 11.3. The van der Waals surface area contributed by atoms with Gasteiger partial charge in [0, 0.05) is 18.4 Å². The third-order valence-corrected chi connectivity index (χ3v) is 4.16. The highest BCUT2D eigenvalue weighted by molar-refractivity contribution is 5.66. The van der Waals surface area contributed by atoms with E-state index in [0.717, 1.165) is 12.8 Å². The first kappa shape index (κ1) is 12.1. The number of rotatable bonds is 6. The summed E-state index contributed by atoms with van der Waals surface area (Å²) in [6, 6.07) is 0.0856. The molecule has 5 nitrogen and oxygen atoms in total. The molecule has 3 rings (SSSR count). The van der Waals surface area contributed by atoms with E-state index in [0.29, 0.717) is 18.4 Å². The van der Waals surface area contributed by atoms with Crippen molar-refractivity contribution in [3.05, 3.63) is 12.2 Å². The second-order valence-electron chi connectivity index (χ2n) is 5.36. The molecule has 6 atom stereocenters. The van der Waals surface area contributed by atoms with Crippen molar-refractivity contribution >= 4 is 5.97 Å². The Morgan fingerprint density at radius 1 is 1.17 bits per heavy atom. The molecule has 0 unspecified atom stereocenters. The standard InChI is InChI=1S/C13H19NO4/c14-9-7(5-3-1-2-4-6-8(15)16)10-12-13(18-12)11(9)17-10/h1,3,7,9-13H,2,4-6,14H2,(H,15,16)/b3-1-/t7-,9+,10+,11-,12-,13+/m0/s1. The highest BCUT2D eigenvalue weighted by atomic mass is 16.7. The van der Waals surface area contributed by atoms with Gasteiger partial charge in [0.05, 0.1) is 6.10 Å². The number of nitrogens with two attached hydrogens (primary N) is 1. The van der Waals surface area contributed by atoms with Crippen molar-refractivity contribution in [2.24, 2.45) is 11.7 Å². The van der Waals surface area contributed by atoms with Crippen LogP contribution in [0.1, 0.15) is 25.7 Å². The van der Waals surface area contributed by atoms with Crippen LogP contribution in [0.25, 0.3) is 0 Å². The Labute approximate surface area is 106 Å². The zero-order chi connectivity index (χ0) is 12.7. The number of carboxylic acids is 1. The molecule has 3 heterocycles. The quantitative estimate of drug-likeness (QED) is 0.413. The van der Waals surface area contributed by atoms with E-state index in [9.17, 15) is 4.79 Å². The van der Waals surface area contributed by atoms with E-state index in [4.69, 9.17) is 20.3 Å². The maximum Gasteiger partial charge on any atom is 0.303 e. The van der Waals surface area contributed by atoms with E-state index in [-0.39, 0.29) is 30.8 Å². The fourth-order valence-corrected chi connectivity index (χ4v) is 3.15. The van der Waals surface area contributed by atoms with Gasteiger partial charge in [-0.25, -0.2) is 0 Å². The molecule has 2 bridgehead atoms. The highest BCUT2D eigenvalue weighted by Gasteiger charge is 2.67. The summed E-state index contributed by atoms with van der Waals surface area (Å²) in [5.41, 5.74) is 6.15. The van der Waals surface area contributed by atoms with Crippen molar-refractivity contribution in [3.63, 3.8) is 0 Å². The van der Waals surface area contributed by atoms with Gasteiger partial charge < -0.3 is 20.3 Å². The van der Waals surface area contributed by atoms with Crippen molar-refractivity contribution in [1.82, 2.24) is 0 Å². The molecule has 0 aromatic carbocycles. The monoisotopic (exact) mass is 253 g/mol. The molecule has 3 fully saturated rings. The molecule has 0 saturated carbocycles. The third kappa shape index (κ3) is 2.06. The molecular weight excluding hydrogens is 234 g/mol. The minimum atomic E-state index is -0.733. The van der Waals surface area contributed by atoms with Crippen LogP contribution in [0.3, 0.4) is 0 Å². The predicted molar refractivity (Wildman–Crippen MR) is 64.0 cm³/mol. The van der Waals surface area contributed by atoms with Gasteiger partial charge in [0.1, 0.15) is 18.3 Å². The van der Waals surface area contributed by atoms with Crippen LogP contribution in [-0.4, -0.2) is 41.5 Å². The summed E-state index contributed by atoms with van der Waals surface area (Å²) >= 11 is 0. The van der Waals surface area contributed by atoms with E-state index >= 15 is 0 Å². The molecule has 3 N–H and O–H groups in total. The van der Waals surface area contributed by atoms with Crippen LogP contribution in [0.4, 0.5) is 0 Å².